The lowest BCUT2D eigenvalue weighted by Crippen LogP contribution is -2.60. The Labute approximate surface area is 403 Å². The van der Waals surface area contributed by atoms with Gasteiger partial charge < -0.3 is 9.80 Å². The van der Waals surface area contributed by atoms with Crippen LogP contribution in [-0.2, 0) is 5.41 Å². The quantitative estimate of drug-likeness (QED) is 0.163. The van der Waals surface area contributed by atoms with Crippen LogP contribution in [0.25, 0.3) is 44.5 Å². The minimum Gasteiger partial charge on any atom is -0.311 e. The fourth-order valence-electron chi connectivity index (χ4n) is 12.4. The summed E-state index contributed by atoms with van der Waals surface area (Å²) in [5, 5.41) is 0. The molecule has 0 bridgehead atoms. The molecule has 2 aliphatic heterocycles. The Kier molecular flexibility index (Phi) is 8.38. The Morgan fingerprint density at radius 2 is 0.971 bits per heavy atom. The van der Waals surface area contributed by atoms with Crippen molar-refractivity contribution in [2.24, 2.45) is 0 Å². The van der Waals surface area contributed by atoms with Gasteiger partial charge in [-0.25, -0.2) is 0 Å². The van der Waals surface area contributed by atoms with E-state index in [4.69, 9.17) is 0 Å². The van der Waals surface area contributed by atoms with E-state index in [9.17, 15) is 0 Å². The summed E-state index contributed by atoms with van der Waals surface area (Å²) in [5.74, 6) is 0. The fourth-order valence-corrected chi connectivity index (χ4v) is 14.1. The van der Waals surface area contributed by atoms with Gasteiger partial charge in [0.25, 0.3) is 6.71 Å². The summed E-state index contributed by atoms with van der Waals surface area (Å²) in [4.78, 5) is 6.64. The lowest BCUT2D eigenvalue weighted by molar-refractivity contribution is 0.810. The smallest absolute Gasteiger partial charge is 0.264 e. The lowest BCUT2D eigenvalue weighted by atomic mass is 9.36. The Balaban J connectivity index is 1.11. The summed E-state index contributed by atoms with van der Waals surface area (Å²) in [6.07, 6.45) is 0. The van der Waals surface area contributed by atoms with E-state index >= 15 is 0 Å². The zero-order valence-corrected chi connectivity index (χ0v) is 39.7. The highest BCUT2D eigenvalue weighted by molar-refractivity contribution is 7.30. The number of nitrogens with zero attached hydrogens (tertiary/aromatic N) is 2. The number of hydrogen-bond acceptors (Lipinski definition) is 3. The predicted molar refractivity (Wildman–Crippen MR) is 289 cm³/mol. The van der Waals surface area contributed by atoms with Gasteiger partial charge in [-0.1, -0.05) is 174 Å². The normalized spacial score (nSPS) is 14.0. The summed E-state index contributed by atoms with van der Waals surface area (Å²) in [7, 11) is 0. The molecule has 68 heavy (non-hydrogen) atoms. The van der Waals surface area contributed by atoms with Gasteiger partial charge in [0.1, 0.15) is 0 Å². The van der Waals surface area contributed by atoms with Crippen molar-refractivity contribution in [2.45, 2.75) is 40.0 Å². The molecule has 1 aromatic heterocycles. The summed E-state index contributed by atoms with van der Waals surface area (Å²) >= 11 is 2.06. The molecule has 322 valence electrons. The minimum absolute atomic E-state index is 0.0115. The van der Waals surface area contributed by atoms with Gasteiger partial charge in [-0.05, 0) is 149 Å². The van der Waals surface area contributed by atoms with Crippen molar-refractivity contribution in [2.75, 3.05) is 9.80 Å². The van der Waals surface area contributed by atoms with Crippen LogP contribution in [0, 0.1) is 34.6 Å². The van der Waals surface area contributed by atoms with E-state index < -0.39 is 5.41 Å². The van der Waals surface area contributed by atoms with E-state index in [1.54, 1.807) is 0 Å². The maximum atomic E-state index is 2.65. The van der Waals surface area contributed by atoms with Crippen molar-refractivity contribution >= 4 is 67.9 Å². The van der Waals surface area contributed by atoms with Crippen LogP contribution in [0.4, 0.5) is 34.1 Å². The molecule has 2 nitrogen and oxygen atoms in total. The number of thiophene rings is 1. The molecule has 0 N–H and O–H groups in total. The number of anilines is 6. The van der Waals surface area contributed by atoms with Crippen LogP contribution in [0.1, 0.15) is 49.4 Å². The first kappa shape index (κ1) is 39.5. The van der Waals surface area contributed by atoms with Crippen LogP contribution < -0.4 is 25.5 Å². The number of hydrogen-bond donors (Lipinski definition) is 0. The SMILES string of the molecule is Cc1ccc(N2c3cc(-c4cc(C)ccc4-c4ccccc4)ccc3B3c4sc5c(c4N(c4ccc(C)cc4)c4cc(C)cc2c43)-c2ccc(C)cc2C52c3ccccc3-c3ccccc32)cc1. The highest BCUT2D eigenvalue weighted by atomic mass is 32.1. The first-order valence-electron chi connectivity index (χ1n) is 23.9. The number of aryl methyl sites for hydroxylation is 5. The second-order valence-electron chi connectivity index (χ2n) is 19.6. The van der Waals surface area contributed by atoms with Crippen molar-refractivity contribution in [3.8, 4) is 44.5 Å². The molecule has 2 aliphatic carbocycles. The third kappa shape index (κ3) is 5.35. The molecule has 0 saturated carbocycles. The Morgan fingerprint density at radius 1 is 0.397 bits per heavy atom. The topological polar surface area (TPSA) is 6.48 Å². The molecular weight excluding hydrogens is 840 g/mol. The molecule has 0 atom stereocenters. The molecular formula is C64H47BN2S. The number of fused-ring (bicyclic) bond motifs is 15. The molecule has 9 aromatic carbocycles. The fraction of sp³-hybridized carbons (Fsp3) is 0.0938. The molecule has 0 radical (unpaired) electrons. The standard InChI is InChI=1S/C64H47BN2S/c1-38-19-26-45(27-20-38)66-56-37-44(51-33-40(3)23-30-47(51)43-13-7-6-8-14-43)25-32-55(56)65-60-57(66)35-42(5)36-58(60)67(46-28-21-39(2)22-29-46)61-59-50-31-24-41(4)34-54(50)64(62(59)68-63(61)65)52-17-11-9-15-48(52)49-16-10-12-18-53(49)64/h6-37H,1-5H3. The van der Waals surface area contributed by atoms with Gasteiger partial charge in [0, 0.05) is 43.7 Å². The van der Waals surface area contributed by atoms with Gasteiger partial charge in [0.15, 0.2) is 0 Å². The van der Waals surface area contributed by atoms with Crippen molar-refractivity contribution < 1.29 is 0 Å². The lowest BCUT2D eigenvalue weighted by Gasteiger charge is -2.44. The van der Waals surface area contributed by atoms with Gasteiger partial charge in [0.05, 0.1) is 11.1 Å². The summed E-state index contributed by atoms with van der Waals surface area (Å²) in [5.41, 5.74) is 30.3. The van der Waals surface area contributed by atoms with Crippen LogP contribution in [0.3, 0.4) is 0 Å². The van der Waals surface area contributed by atoms with Crippen molar-refractivity contribution in [1.29, 1.82) is 0 Å². The predicted octanol–water partition coefficient (Wildman–Crippen LogP) is 15.1. The first-order valence-corrected chi connectivity index (χ1v) is 24.8. The van der Waals surface area contributed by atoms with E-state index in [-0.39, 0.29) is 6.71 Å². The molecule has 0 fully saturated rings. The van der Waals surface area contributed by atoms with Gasteiger partial charge in [-0.15, -0.1) is 11.3 Å². The van der Waals surface area contributed by atoms with E-state index in [2.05, 4.69) is 250 Å². The molecule has 4 aliphatic rings. The number of rotatable bonds is 4. The maximum Gasteiger partial charge on any atom is 0.264 e. The summed E-state index contributed by atoms with van der Waals surface area (Å²) in [6, 6.07) is 74.2. The Hall–Kier alpha value is -7.66. The minimum atomic E-state index is -0.454. The second kappa shape index (κ2) is 14.4. The molecule has 1 spiro atoms. The third-order valence-electron chi connectivity index (χ3n) is 15.3. The monoisotopic (exact) mass is 886 g/mol. The molecule has 10 aromatic rings. The van der Waals surface area contributed by atoms with E-state index in [1.165, 1.54) is 138 Å². The van der Waals surface area contributed by atoms with Crippen LogP contribution in [0.2, 0.25) is 0 Å². The Morgan fingerprint density at radius 3 is 1.65 bits per heavy atom. The zero-order valence-electron chi connectivity index (χ0n) is 38.9. The van der Waals surface area contributed by atoms with Crippen LogP contribution >= 0.6 is 11.3 Å². The average molecular weight is 887 g/mol. The molecule has 4 heteroatoms. The third-order valence-corrected chi connectivity index (χ3v) is 16.7. The first-order chi connectivity index (χ1) is 33.3. The Bertz CT molecular complexity index is 3710. The van der Waals surface area contributed by atoms with E-state index in [0.717, 1.165) is 5.69 Å². The van der Waals surface area contributed by atoms with Crippen molar-refractivity contribution in [3.05, 3.63) is 244 Å². The van der Waals surface area contributed by atoms with E-state index in [0.29, 0.717) is 0 Å². The zero-order chi connectivity index (χ0) is 45.6. The van der Waals surface area contributed by atoms with Gasteiger partial charge >= 0.3 is 0 Å². The number of benzene rings is 9. The van der Waals surface area contributed by atoms with Crippen LogP contribution in [0.15, 0.2) is 194 Å². The summed E-state index contributed by atoms with van der Waals surface area (Å²) in [6.45, 7) is 11.1. The maximum absolute atomic E-state index is 2.65. The largest absolute Gasteiger partial charge is 0.311 e. The van der Waals surface area contributed by atoms with Crippen molar-refractivity contribution in [1.82, 2.24) is 0 Å². The molecule has 0 saturated heterocycles. The molecule has 3 heterocycles. The summed E-state index contributed by atoms with van der Waals surface area (Å²) < 4.78 is 1.40. The van der Waals surface area contributed by atoms with Crippen molar-refractivity contribution in [3.63, 3.8) is 0 Å². The molecule has 14 rings (SSSR count). The average Bonchev–Trinajstić information content (AvgIpc) is 3.98. The van der Waals surface area contributed by atoms with Crippen LogP contribution in [0.5, 0.6) is 0 Å². The molecule has 0 unspecified atom stereocenters. The van der Waals surface area contributed by atoms with E-state index in [1.807, 2.05) is 0 Å². The van der Waals surface area contributed by atoms with Gasteiger partial charge in [-0.3, -0.25) is 0 Å². The van der Waals surface area contributed by atoms with Crippen LogP contribution in [-0.4, -0.2) is 6.71 Å². The second-order valence-corrected chi connectivity index (χ2v) is 20.6. The highest BCUT2D eigenvalue weighted by Crippen LogP contribution is 2.67. The highest BCUT2D eigenvalue weighted by Gasteiger charge is 2.57. The van der Waals surface area contributed by atoms with Gasteiger partial charge in [-0.2, -0.15) is 0 Å². The van der Waals surface area contributed by atoms with Gasteiger partial charge in [0.2, 0.25) is 0 Å². The molecule has 0 amide bonds.